The molecular formula is C27H34N6O4S. The Morgan fingerprint density at radius 2 is 1.76 bits per heavy atom. The molecule has 3 aromatic rings. The zero-order valence-electron chi connectivity index (χ0n) is 22.2. The summed E-state index contributed by atoms with van der Waals surface area (Å²) in [4.78, 5) is 21.2. The van der Waals surface area contributed by atoms with Crippen LogP contribution < -0.4 is 14.4 Å². The molecule has 11 heteroatoms. The first-order valence-electron chi connectivity index (χ1n) is 12.6. The number of nitrogens with one attached hydrogen (secondary N) is 1. The summed E-state index contributed by atoms with van der Waals surface area (Å²) in [6.07, 6.45) is 3.59. The van der Waals surface area contributed by atoms with Gasteiger partial charge in [-0.1, -0.05) is 24.3 Å². The summed E-state index contributed by atoms with van der Waals surface area (Å²) in [7, 11) is -3.83. The standard InChI is InChI=1S/C27H34N6O4S/c1-5-37-22-16-21(17-28-18-22)23-9-7-6-8-20(23)19-32-12-14-33(15-13-32)25-11-10-24(29-30-25)26(34)31-38(35,36)27(2,3)4/h6-11,16-18H,5,12-15,19H2,1-4H3,(H,31,34). The summed E-state index contributed by atoms with van der Waals surface area (Å²) in [6, 6.07) is 13.6. The van der Waals surface area contributed by atoms with E-state index < -0.39 is 20.7 Å². The van der Waals surface area contributed by atoms with Crippen molar-refractivity contribution in [2.45, 2.75) is 39.0 Å². The number of carbonyl (C=O) groups excluding carboxylic acids is 1. The number of sulfonamides is 1. The van der Waals surface area contributed by atoms with Crippen molar-refractivity contribution in [3.8, 4) is 16.9 Å². The molecule has 1 amide bonds. The second-order valence-electron chi connectivity index (χ2n) is 10.1. The molecule has 0 radical (unpaired) electrons. The fourth-order valence-corrected chi connectivity index (χ4v) is 4.72. The Bertz CT molecular complexity index is 1360. The number of anilines is 1. The van der Waals surface area contributed by atoms with Gasteiger partial charge in [-0.2, -0.15) is 0 Å². The van der Waals surface area contributed by atoms with Gasteiger partial charge in [0.05, 0.1) is 17.6 Å². The highest BCUT2D eigenvalue weighted by atomic mass is 32.2. The van der Waals surface area contributed by atoms with E-state index in [1.807, 2.05) is 25.3 Å². The molecule has 10 nitrogen and oxygen atoms in total. The molecule has 0 atom stereocenters. The van der Waals surface area contributed by atoms with Gasteiger partial charge in [0.2, 0.25) is 10.0 Å². The van der Waals surface area contributed by atoms with Crippen LogP contribution in [0.1, 0.15) is 43.7 Å². The number of aromatic nitrogens is 3. The summed E-state index contributed by atoms with van der Waals surface area (Å²) in [5.74, 6) is 0.623. The second-order valence-corrected chi connectivity index (χ2v) is 12.5. The van der Waals surface area contributed by atoms with E-state index in [1.54, 1.807) is 12.3 Å². The largest absolute Gasteiger partial charge is 0.492 e. The predicted molar refractivity (Wildman–Crippen MR) is 147 cm³/mol. The Morgan fingerprint density at radius 1 is 1.03 bits per heavy atom. The van der Waals surface area contributed by atoms with Crippen molar-refractivity contribution in [2.24, 2.45) is 0 Å². The van der Waals surface area contributed by atoms with Gasteiger partial charge in [0.1, 0.15) is 5.75 Å². The number of carbonyl (C=O) groups is 1. The lowest BCUT2D eigenvalue weighted by Crippen LogP contribution is -2.46. The molecule has 0 saturated carbocycles. The van der Waals surface area contributed by atoms with Gasteiger partial charge >= 0.3 is 0 Å². The fourth-order valence-electron chi connectivity index (χ4n) is 4.07. The van der Waals surface area contributed by atoms with Gasteiger partial charge in [0, 0.05) is 44.5 Å². The molecule has 3 heterocycles. The molecule has 202 valence electrons. The average molecular weight is 539 g/mol. The number of benzene rings is 1. The van der Waals surface area contributed by atoms with E-state index in [9.17, 15) is 13.2 Å². The molecule has 1 N–H and O–H groups in total. The lowest BCUT2D eigenvalue weighted by atomic mass is 10.0. The van der Waals surface area contributed by atoms with Gasteiger partial charge in [-0.3, -0.25) is 14.7 Å². The lowest BCUT2D eigenvalue weighted by Gasteiger charge is -2.35. The molecule has 2 aromatic heterocycles. The first-order valence-corrected chi connectivity index (χ1v) is 14.1. The van der Waals surface area contributed by atoms with Gasteiger partial charge in [0.15, 0.2) is 11.5 Å². The van der Waals surface area contributed by atoms with E-state index in [1.165, 1.54) is 32.4 Å². The van der Waals surface area contributed by atoms with Crippen molar-refractivity contribution in [1.82, 2.24) is 24.8 Å². The Balaban J connectivity index is 1.37. The van der Waals surface area contributed by atoms with E-state index in [0.29, 0.717) is 12.4 Å². The summed E-state index contributed by atoms with van der Waals surface area (Å²) in [5, 5.41) is 8.16. The molecular weight excluding hydrogens is 504 g/mol. The Morgan fingerprint density at radius 3 is 2.42 bits per heavy atom. The first-order chi connectivity index (χ1) is 18.1. The maximum absolute atomic E-state index is 12.4. The van der Waals surface area contributed by atoms with Crippen molar-refractivity contribution in [3.05, 3.63) is 66.1 Å². The van der Waals surface area contributed by atoms with Crippen LogP contribution in [0, 0.1) is 0 Å². The van der Waals surface area contributed by atoms with Crippen molar-refractivity contribution in [2.75, 3.05) is 37.7 Å². The molecule has 1 aliphatic rings. The number of rotatable bonds is 8. The van der Waals surface area contributed by atoms with Crippen LogP contribution in [0.25, 0.3) is 11.1 Å². The number of hydrogen-bond acceptors (Lipinski definition) is 9. The van der Waals surface area contributed by atoms with Crippen LogP contribution in [-0.4, -0.2) is 71.9 Å². The molecule has 1 aromatic carbocycles. The highest BCUT2D eigenvalue weighted by molar-refractivity contribution is 7.91. The number of hydrogen-bond donors (Lipinski definition) is 1. The molecule has 1 fully saturated rings. The van der Waals surface area contributed by atoms with Gasteiger partial charge in [-0.15, -0.1) is 10.2 Å². The SMILES string of the molecule is CCOc1cncc(-c2ccccc2CN2CCN(c3ccc(C(=O)NS(=O)(=O)C(C)(C)C)nn3)CC2)c1. The number of piperazine rings is 1. The van der Waals surface area contributed by atoms with Gasteiger partial charge < -0.3 is 9.64 Å². The van der Waals surface area contributed by atoms with Crippen LogP contribution in [0.4, 0.5) is 5.82 Å². The van der Waals surface area contributed by atoms with Gasteiger partial charge in [-0.05, 0) is 57.0 Å². The highest BCUT2D eigenvalue weighted by Gasteiger charge is 2.31. The van der Waals surface area contributed by atoms with E-state index in [0.717, 1.165) is 49.6 Å². The smallest absolute Gasteiger partial charge is 0.285 e. The van der Waals surface area contributed by atoms with Crippen LogP contribution in [-0.2, 0) is 16.6 Å². The Kier molecular flexibility index (Phi) is 8.27. The number of pyridine rings is 1. The van der Waals surface area contributed by atoms with Crippen molar-refractivity contribution >= 4 is 21.7 Å². The highest BCUT2D eigenvalue weighted by Crippen LogP contribution is 2.27. The Hall–Kier alpha value is -3.57. The van der Waals surface area contributed by atoms with Gasteiger partial charge in [0.25, 0.3) is 5.91 Å². The molecule has 4 rings (SSSR count). The van der Waals surface area contributed by atoms with Crippen LogP contribution in [0.3, 0.4) is 0 Å². The molecule has 38 heavy (non-hydrogen) atoms. The van der Waals surface area contributed by atoms with Crippen LogP contribution in [0.2, 0.25) is 0 Å². The first kappa shape index (κ1) is 27.5. The van der Waals surface area contributed by atoms with E-state index in [-0.39, 0.29) is 5.69 Å². The van der Waals surface area contributed by atoms with Gasteiger partial charge in [-0.25, -0.2) is 13.1 Å². The normalized spacial score (nSPS) is 14.8. The number of ether oxygens (including phenoxy) is 1. The van der Waals surface area contributed by atoms with E-state index >= 15 is 0 Å². The topological polar surface area (TPSA) is 118 Å². The van der Waals surface area contributed by atoms with Crippen molar-refractivity contribution in [1.29, 1.82) is 0 Å². The summed E-state index contributed by atoms with van der Waals surface area (Å²) >= 11 is 0. The van der Waals surface area contributed by atoms with E-state index in [2.05, 4.69) is 47.9 Å². The molecule has 0 bridgehead atoms. The minimum absolute atomic E-state index is 0.0419. The molecule has 1 saturated heterocycles. The number of nitrogens with zero attached hydrogens (tertiary/aromatic N) is 5. The third kappa shape index (κ3) is 6.46. The second kappa shape index (κ2) is 11.4. The summed E-state index contributed by atoms with van der Waals surface area (Å²) in [6.45, 7) is 11.1. The quantitative estimate of drug-likeness (QED) is 0.462. The molecule has 0 aliphatic carbocycles. The summed E-state index contributed by atoms with van der Waals surface area (Å²) in [5.41, 5.74) is 3.34. The monoisotopic (exact) mass is 538 g/mol. The fraction of sp³-hybridized carbons (Fsp3) is 0.407. The van der Waals surface area contributed by atoms with Crippen molar-refractivity contribution in [3.63, 3.8) is 0 Å². The maximum Gasteiger partial charge on any atom is 0.285 e. The molecule has 0 spiro atoms. The Labute approximate surface area is 224 Å². The van der Waals surface area contributed by atoms with Crippen LogP contribution >= 0.6 is 0 Å². The maximum atomic E-state index is 12.4. The summed E-state index contributed by atoms with van der Waals surface area (Å²) < 4.78 is 31.1. The third-order valence-electron chi connectivity index (χ3n) is 6.36. The molecule has 1 aliphatic heterocycles. The zero-order valence-corrected chi connectivity index (χ0v) is 23.0. The zero-order chi connectivity index (χ0) is 27.3. The predicted octanol–water partition coefficient (Wildman–Crippen LogP) is 3.12. The minimum Gasteiger partial charge on any atom is -0.492 e. The van der Waals surface area contributed by atoms with E-state index in [4.69, 9.17) is 4.74 Å². The minimum atomic E-state index is -3.83. The van der Waals surface area contributed by atoms with Crippen LogP contribution in [0.15, 0.2) is 54.9 Å². The third-order valence-corrected chi connectivity index (χ3v) is 8.43. The lowest BCUT2D eigenvalue weighted by molar-refractivity contribution is 0.0974. The number of amides is 1. The van der Waals surface area contributed by atoms with Crippen LogP contribution in [0.5, 0.6) is 5.75 Å². The van der Waals surface area contributed by atoms with Crippen molar-refractivity contribution < 1.29 is 17.9 Å². The average Bonchev–Trinajstić information content (AvgIpc) is 2.89. The molecule has 0 unspecified atom stereocenters.